The maximum absolute atomic E-state index is 13.3. The van der Waals surface area contributed by atoms with Gasteiger partial charge in [0.05, 0.1) is 0 Å². The van der Waals surface area contributed by atoms with Gasteiger partial charge < -0.3 is 5.32 Å². The van der Waals surface area contributed by atoms with Crippen LogP contribution in [0.5, 0.6) is 0 Å². The number of nitrogens with one attached hydrogen (secondary N) is 1. The Hall–Kier alpha value is -0.410. The molecule has 0 radical (unpaired) electrons. The molecule has 16 heavy (non-hydrogen) atoms. The lowest BCUT2D eigenvalue weighted by Gasteiger charge is -2.19. The first-order chi connectivity index (χ1) is 7.70. The van der Waals surface area contributed by atoms with Crippen molar-refractivity contribution in [1.82, 2.24) is 5.32 Å². The van der Waals surface area contributed by atoms with Gasteiger partial charge in [-0.3, -0.25) is 0 Å². The van der Waals surface area contributed by atoms with E-state index in [9.17, 15) is 4.39 Å². The number of rotatable bonds is 5. The maximum atomic E-state index is 13.3. The van der Waals surface area contributed by atoms with Crippen LogP contribution in [-0.4, -0.2) is 6.54 Å². The molecule has 0 spiro atoms. The van der Waals surface area contributed by atoms with E-state index in [-0.39, 0.29) is 11.9 Å². The minimum absolute atomic E-state index is 0.156. The number of hydrogen-bond donors (Lipinski definition) is 1. The predicted molar refractivity (Wildman–Crippen MR) is 67.9 cm³/mol. The zero-order chi connectivity index (χ0) is 11.5. The average Bonchev–Trinajstić information content (AvgIpc) is 3.05. The highest BCUT2D eigenvalue weighted by Gasteiger charge is 2.26. The fourth-order valence-electron chi connectivity index (χ4n) is 2.04. The molecule has 0 saturated heterocycles. The summed E-state index contributed by atoms with van der Waals surface area (Å²) in [6, 6.07) is 5.21. The van der Waals surface area contributed by atoms with Crippen molar-refractivity contribution >= 4 is 15.9 Å². The quantitative estimate of drug-likeness (QED) is 0.861. The van der Waals surface area contributed by atoms with E-state index in [2.05, 4.69) is 28.2 Å². The zero-order valence-electron chi connectivity index (χ0n) is 9.47. The van der Waals surface area contributed by atoms with Crippen LogP contribution in [0.15, 0.2) is 22.7 Å². The average molecular weight is 286 g/mol. The van der Waals surface area contributed by atoms with Crippen molar-refractivity contribution in [1.29, 1.82) is 0 Å². The van der Waals surface area contributed by atoms with E-state index >= 15 is 0 Å². The topological polar surface area (TPSA) is 12.0 Å². The number of halogens is 2. The van der Waals surface area contributed by atoms with E-state index in [4.69, 9.17) is 0 Å². The molecule has 1 fully saturated rings. The molecule has 1 aliphatic carbocycles. The van der Waals surface area contributed by atoms with Gasteiger partial charge in [0, 0.05) is 10.5 Å². The summed E-state index contributed by atoms with van der Waals surface area (Å²) in [6.07, 6.45) is 3.78. The van der Waals surface area contributed by atoms with E-state index in [0.29, 0.717) is 0 Å². The second-order valence-electron chi connectivity index (χ2n) is 4.46. The summed E-state index contributed by atoms with van der Waals surface area (Å²) in [6.45, 7) is 3.01. The Bertz CT molecular complexity index is 363. The second kappa shape index (κ2) is 5.28. The Balaban J connectivity index is 2.18. The Morgan fingerprint density at radius 1 is 1.50 bits per heavy atom. The number of benzene rings is 1. The van der Waals surface area contributed by atoms with Gasteiger partial charge in [-0.2, -0.15) is 0 Å². The summed E-state index contributed by atoms with van der Waals surface area (Å²) in [7, 11) is 0. The first-order valence-electron chi connectivity index (χ1n) is 5.89. The Morgan fingerprint density at radius 3 is 2.88 bits per heavy atom. The highest BCUT2D eigenvalue weighted by molar-refractivity contribution is 9.10. The normalized spacial score (nSPS) is 17.4. The third-order valence-electron chi connectivity index (χ3n) is 3.05. The molecule has 0 aromatic heterocycles. The Kier molecular flexibility index (Phi) is 3.98. The van der Waals surface area contributed by atoms with Crippen molar-refractivity contribution in [3.05, 3.63) is 34.1 Å². The molecule has 1 aromatic rings. The van der Waals surface area contributed by atoms with Gasteiger partial charge in [0.1, 0.15) is 5.82 Å². The molecule has 1 nitrogen and oxygen atoms in total. The van der Waals surface area contributed by atoms with Crippen molar-refractivity contribution in [3.8, 4) is 0 Å². The van der Waals surface area contributed by atoms with Crippen molar-refractivity contribution < 1.29 is 4.39 Å². The third kappa shape index (κ3) is 3.05. The van der Waals surface area contributed by atoms with Crippen LogP contribution in [-0.2, 0) is 0 Å². The summed E-state index contributed by atoms with van der Waals surface area (Å²) in [5, 5.41) is 3.44. The molecule has 1 N–H and O–H groups in total. The highest BCUT2D eigenvalue weighted by atomic mass is 79.9. The van der Waals surface area contributed by atoms with Gasteiger partial charge in [0.25, 0.3) is 0 Å². The number of hydrogen-bond acceptors (Lipinski definition) is 1. The summed E-state index contributed by atoms with van der Waals surface area (Å²) < 4.78 is 14.3. The predicted octanol–water partition coefficient (Wildman–Crippen LogP) is 4.04. The molecule has 1 saturated carbocycles. The summed E-state index contributed by atoms with van der Waals surface area (Å²) in [4.78, 5) is 0. The van der Waals surface area contributed by atoms with Crippen molar-refractivity contribution in [3.63, 3.8) is 0 Å². The second-order valence-corrected chi connectivity index (χ2v) is 5.31. The van der Waals surface area contributed by atoms with Gasteiger partial charge in [0.2, 0.25) is 0 Å². The van der Waals surface area contributed by atoms with Crippen molar-refractivity contribution in [2.75, 3.05) is 6.54 Å². The van der Waals surface area contributed by atoms with Crippen LogP contribution in [0.2, 0.25) is 0 Å². The SMILES string of the molecule is CCNC(CC1CC1)c1cc(F)ccc1Br. The third-order valence-corrected chi connectivity index (χ3v) is 3.77. The molecule has 2 rings (SSSR count). The lowest BCUT2D eigenvalue weighted by molar-refractivity contribution is 0.482. The van der Waals surface area contributed by atoms with Gasteiger partial charge >= 0.3 is 0 Å². The maximum Gasteiger partial charge on any atom is 0.123 e. The highest BCUT2D eigenvalue weighted by Crippen LogP contribution is 2.39. The molecule has 1 aromatic carbocycles. The van der Waals surface area contributed by atoms with E-state index < -0.39 is 0 Å². The van der Waals surface area contributed by atoms with Crippen molar-refractivity contribution in [2.45, 2.75) is 32.2 Å². The monoisotopic (exact) mass is 285 g/mol. The summed E-state index contributed by atoms with van der Waals surface area (Å²) in [5.41, 5.74) is 1.05. The molecule has 1 aliphatic rings. The lowest BCUT2D eigenvalue weighted by Crippen LogP contribution is -2.22. The van der Waals surface area contributed by atoms with Crippen LogP contribution in [0.4, 0.5) is 4.39 Å². The molecular formula is C13H17BrFN. The van der Waals surface area contributed by atoms with Crippen LogP contribution in [0, 0.1) is 11.7 Å². The van der Waals surface area contributed by atoms with Gasteiger partial charge in [-0.25, -0.2) is 4.39 Å². The molecule has 0 bridgehead atoms. The van der Waals surface area contributed by atoms with Crippen LogP contribution in [0.1, 0.15) is 37.8 Å². The van der Waals surface area contributed by atoms with Gasteiger partial charge in [-0.05, 0) is 42.6 Å². The fourth-order valence-corrected chi connectivity index (χ4v) is 2.56. The Morgan fingerprint density at radius 2 is 2.25 bits per heavy atom. The molecule has 0 aliphatic heterocycles. The van der Waals surface area contributed by atoms with E-state index in [1.54, 1.807) is 12.1 Å². The van der Waals surface area contributed by atoms with Gasteiger partial charge in [0.15, 0.2) is 0 Å². The fraction of sp³-hybridized carbons (Fsp3) is 0.538. The summed E-state index contributed by atoms with van der Waals surface area (Å²) in [5.74, 6) is 0.677. The largest absolute Gasteiger partial charge is 0.310 e. The standard InChI is InChI=1S/C13H17BrFN/c1-2-16-13(7-9-3-4-9)11-8-10(15)5-6-12(11)14/h5-6,8-9,13,16H,2-4,7H2,1H3. The van der Waals surface area contributed by atoms with Crippen LogP contribution < -0.4 is 5.32 Å². The smallest absolute Gasteiger partial charge is 0.123 e. The summed E-state index contributed by atoms with van der Waals surface area (Å²) >= 11 is 3.50. The zero-order valence-corrected chi connectivity index (χ0v) is 11.1. The van der Waals surface area contributed by atoms with Gasteiger partial charge in [-0.15, -0.1) is 0 Å². The molecule has 1 unspecified atom stereocenters. The molecule has 0 heterocycles. The first-order valence-corrected chi connectivity index (χ1v) is 6.68. The van der Waals surface area contributed by atoms with E-state index in [1.165, 1.54) is 18.9 Å². The molecule has 88 valence electrons. The molecule has 0 amide bonds. The van der Waals surface area contributed by atoms with Crippen LogP contribution in [0.3, 0.4) is 0 Å². The van der Waals surface area contributed by atoms with E-state index in [0.717, 1.165) is 28.9 Å². The minimum Gasteiger partial charge on any atom is -0.310 e. The first kappa shape index (κ1) is 12.1. The molecule has 3 heteroatoms. The Labute approximate surface area is 105 Å². The minimum atomic E-state index is -0.156. The molecule has 1 atom stereocenters. The van der Waals surface area contributed by atoms with Crippen molar-refractivity contribution in [2.24, 2.45) is 5.92 Å². The molecular weight excluding hydrogens is 269 g/mol. The van der Waals surface area contributed by atoms with Gasteiger partial charge in [-0.1, -0.05) is 35.7 Å². The van der Waals surface area contributed by atoms with Crippen LogP contribution in [0.25, 0.3) is 0 Å². The van der Waals surface area contributed by atoms with Crippen LogP contribution >= 0.6 is 15.9 Å². The van der Waals surface area contributed by atoms with E-state index in [1.807, 2.05) is 0 Å². The lowest BCUT2D eigenvalue weighted by atomic mass is 10.0.